The molecule has 0 aromatic rings. The molecule has 0 unspecified atom stereocenters. The predicted octanol–water partition coefficient (Wildman–Crippen LogP) is 7.35. The van der Waals surface area contributed by atoms with Crippen LogP contribution in [-0.2, 0) is 9.47 Å². The average molecular weight is 461 g/mol. The number of fused-ring (bicyclic) bond motifs is 7. The minimum Gasteiger partial charge on any atom is -0.386 e. The molecule has 1 heterocycles. The molecule has 1 saturated heterocycles. The molecule has 190 valence electrons. The second-order valence-corrected chi connectivity index (χ2v) is 14.4. The maximum atomic E-state index is 12.3. The minimum absolute atomic E-state index is 0.0385. The molecule has 1 aliphatic heterocycles. The van der Waals surface area contributed by atoms with Gasteiger partial charge in [0.2, 0.25) is 0 Å². The molecule has 3 nitrogen and oxygen atoms in total. The van der Waals surface area contributed by atoms with Crippen molar-refractivity contribution < 1.29 is 14.6 Å². The molecule has 0 spiro atoms. The van der Waals surface area contributed by atoms with E-state index in [4.69, 9.17) is 9.47 Å². The number of rotatable bonds is 5. The quantitative estimate of drug-likeness (QED) is 0.466. The summed E-state index contributed by atoms with van der Waals surface area (Å²) in [6.07, 6.45) is 13.8. The second-order valence-electron chi connectivity index (χ2n) is 14.4. The van der Waals surface area contributed by atoms with Crippen LogP contribution >= 0.6 is 0 Å². The Morgan fingerprint density at radius 3 is 2.30 bits per heavy atom. The fourth-order valence-corrected chi connectivity index (χ4v) is 10.3. The number of aliphatic hydroxyl groups is 1. The lowest BCUT2D eigenvalue weighted by atomic mass is 9.42. The summed E-state index contributed by atoms with van der Waals surface area (Å²) >= 11 is 0. The molecule has 0 amide bonds. The van der Waals surface area contributed by atoms with E-state index in [0.717, 1.165) is 48.9 Å². The number of hydrogen-bond donors (Lipinski definition) is 1. The summed E-state index contributed by atoms with van der Waals surface area (Å²) in [4.78, 5) is 0. The van der Waals surface area contributed by atoms with Crippen molar-refractivity contribution in [2.75, 3.05) is 0 Å². The van der Waals surface area contributed by atoms with Crippen molar-refractivity contribution >= 4 is 0 Å². The van der Waals surface area contributed by atoms with E-state index < -0.39 is 11.4 Å². The summed E-state index contributed by atoms with van der Waals surface area (Å²) in [5.74, 6) is 4.29. The van der Waals surface area contributed by atoms with Crippen LogP contribution in [0.2, 0.25) is 0 Å². The fourth-order valence-electron chi connectivity index (χ4n) is 10.3. The maximum Gasteiger partial charge on any atom is 0.163 e. The molecular formula is C30H52O3. The van der Waals surface area contributed by atoms with Gasteiger partial charge in [-0.2, -0.15) is 0 Å². The van der Waals surface area contributed by atoms with Crippen LogP contribution in [-0.4, -0.2) is 28.7 Å². The van der Waals surface area contributed by atoms with Crippen molar-refractivity contribution in [3.8, 4) is 0 Å². The Bertz CT molecular complexity index is 732. The number of ether oxygens (including phenoxy) is 2. The van der Waals surface area contributed by atoms with Crippen molar-refractivity contribution in [3.63, 3.8) is 0 Å². The predicted molar refractivity (Wildman–Crippen MR) is 134 cm³/mol. The first kappa shape index (κ1) is 24.6. The molecule has 3 heteroatoms. The molecule has 4 aliphatic carbocycles. The normalized spacial score (nSPS) is 51.5. The summed E-state index contributed by atoms with van der Waals surface area (Å²) in [5.41, 5.74) is -0.264. The van der Waals surface area contributed by atoms with Crippen molar-refractivity contribution in [3.05, 3.63) is 0 Å². The van der Waals surface area contributed by atoms with Crippen molar-refractivity contribution in [1.82, 2.24) is 0 Å². The zero-order valence-corrected chi connectivity index (χ0v) is 22.7. The van der Waals surface area contributed by atoms with Gasteiger partial charge in [0.15, 0.2) is 5.79 Å². The van der Waals surface area contributed by atoms with Crippen LogP contribution in [0.1, 0.15) is 119 Å². The van der Waals surface area contributed by atoms with Crippen LogP contribution in [0, 0.1) is 46.3 Å². The summed E-state index contributed by atoms with van der Waals surface area (Å²) in [7, 11) is 0. The van der Waals surface area contributed by atoms with Gasteiger partial charge in [-0.05, 0) is 106 Å². The first-order valence-electron chi connectivity index (χ1n) is 14.5. The zero-order chi connectivity index (χ0) is 23.8. The van der Waals surface area contributed by atoms with Gasteiger partial charge in [0.25, 0.3) is 0 Å². The lowest BCUT2D eigenvalue weighted by molar-refractivity contribution is -0.257. The van der Waals surface area contributed by atoms with Crippen LogP contribution in [0.25, 0.3) is 0 Å². The SMILES string of the molecule is CC(C)CCC[C@@H](C)[C@@H]1CC[C@@H]2[C@@H]3CC[C@@]4(O)[C@@H]5OC(C)(C)O[C@@H]5CC[C@]4(C)[C@H]3CC[C@@]21C. The van der Waals surface area contributed by atoms with Crippen LogP contribution in [0.5, 0.6) is 0 Å². The van der Waals surface area contributed by atoms with Crippen molar-refractivity contribution in [2.45, 2.75) is 143 Å². The molecule has 4 saturated carbocycles. The smallest absolute Gasteiger partial charge is 0.163 e. The highest BCUT2D eigenvalue weighted by Crippen LogP contribution is 2.70. The van der Waals surface area contributed by atoms with E-state index in [-0.39, 0.29) is 17.6 Å². The lowest BCUT2D eigenvalue weighted by Gasteiger charge is -2.65. The number of hydrogen-bond acceptors (Lipinski definition) is 3. The van der Waals surface area contributed by atoms with Gasteiger partial charge in [-0.15, -0.1) is 0 Å². The Morgan fingerprint density at radius 1 is 0.818 bits per heavy atom. The first-order valence-corrected chi connectivity index (χ1v) is 14.5. The van der Waals surface area contributed by atoms with Gasteiger partial charge in [0, 0.05) is 5.41 Å². The molecular weight excluding hydrogens is 408 g/mol. The molecule has 1 N–H and O–H groups in total. The summed E-state index contributed by atoms with van der Waals surface area (Å²) in [6.45, 7) is 16.4. The molecule has 5 aliphatic rings. The topological polar surface area (TPSA) is 38.7 Å². The highest BCUT2D eigenvalue weighted by atomic mass is 16.8. The largest absolute Gasteiger partial charge is 0.386 e. The van der Waals surface area contributed by atoms with E-state index in [1.165, 1.54) is 51.4 Å². The Balaban J connectivity index is 1.34. The Labute approximate surface area is 203 Å². The molecule has 0 aromatic heterocycles. The van der Waals surface area contributed by atoms with E-state index in [9.17, 15) is 5.11 Å². The monoisotopic (exact) mass is 460 g/mol. The molecule has 0 aromatic carbocycles. The van der Waals surface area contributed by atoms with Crippen molar-refractivity contribution in [2.24, 2.45) is 46.3 Å². The summed E-state index contributed by atoms with van der Waals surface area (Å²) < 4.78 is 12.6. The zero-order valence-electron chi connectivity index (χ0n) is 22.7. The standard InChI is InChI=1S/C30H52O3/c1-19(2)9-8-10-20(3)22-11-12-23-21-13-18-30(31)26-25(32-27(4,5)33-26)15-17-29(30,7)24(21)14-16-28(22,23)6/h19-26,31H,8-18H2,1-7H3/t20-,21+,22+,23-,24+,25-,26-,28-,29-,30-/m1/s1. The average Bonchev–Trinajstić information content (AvgIpc) is 3.25. The highest BCUT2D eigenvalue weighted by molar-refractivity contribution is 5.18. The third kappa shape index (κ3) is 3.69. The van der Waals surface area contributed by atoms with Crippen LogP contribution in [0.3, 0.4) is 0 Å². The van der Waals surface area contributed by atoms with Gasteiger partial charge in [-0.1, -0.05) is 53.9 Å². The van der Waals surface area contributed by atoms with Crippen LogP contribution in [0.15, 0.2) is 0 Å². The van der Waals surface area contributed by atoms with Gasteiger partial charge in [-0.25, -0.2) is 0 Å². The Kier molecular flexibility index (Phi) is 6.11. The molecule has 10 atom stereocenters. The molecule has 33 heavy (non-hydrogen) atoms. The molecule has 5 fully saturated rings. The third-order valence-corrected chi connectivity index (χ3v) is 11.9. The van der Waals surface area contributed by atoms with Gasteiger partial charge in [0.05, 0.1) is 11.7 Å². The summed E-state index contributed by atoms with van der Waals surface area (Å²) in [6, 6.07) is 0. The maximum absolute atomic E-state index is 12.3. The van der Waals surface area contributed by atoms with Crippen LogP contribution < -0.4 is 0 Å². The summed E-state index contributed by atoms with van der Waals surface area (Å²) in [5, 5.41) is 12.3. The minimum atomic E-state index is -0.735. The van der Waals surface area contributed by atoms with E-state index in [1.54, 1.807) is 0 Å². The first-order chi connectivity index (χ1) is 15.4. The van der Waals surface area contributed by atoms with E-state index in [2.05, 4.69) is 34.6 Å². The Morgan fingerprint density at radius 2 is 1.58 bits per heavy atom. The van der Waals surface area contributed by atoms with E-state index >= 15 is 0 Å². The highest BCUT2D eigenvalue weighted by Gasteiger charge is 2.69. The van der Waals surface area contributed by atoms with Gasteiger partial charge in [0.1, 0.15) is 6.10 Å². The second kappa shape index (κ2) is 8.20. The van der Waals surface area contributed by atoms with Gasteiger partial charge < -0.3 is 14.6 Å². The van der Waals surface area contributed by atoms with Crippen molar-refractivity contribution in [1.29, 1.82) is 0 Å². The van der Waals surface area contributed by atoms with Gasteiger partial charge in [-0.3, -0.25) is 0 Å². The van der Waals surface area contributed by atoms with Gasteiger partial charge >= 0.3 is 0 Å². The molecule has 5 rings (SSSR count). The lowest BCUT2D eigenvalue weighted by Crippen LogP contribution is -2.68. The molecule has 0 bridgehead atoms. The fraction of sp³-hybridized carbons (Fsp3) is 1.00. The third-order valence-electron chi connectivity index (χ3n) is 11.9. The van der Waals surface area contributed by atoms with E-state index in [0.29, 0.717) is 11.3 Å². The Hall–Kier alpha value is -0.120. The van der Waals surface area contributed by atoms with E-state index in [1.807, 2.05) is 13.8 Å². The van der Waals surface area contributed by atoms with Crippen LogP contribution in [0.4, 0.5) is 0 Å². The molecule has 0 radical (unpaired) electrons.